The Morgan fingerprint density at radius 3 is 3.04 bits per heavy atom. The van der Waals surface area contributed by atoms with Crippen LogP contribution in [-0.4, -0.2) is 22.3 Å². The third-order valence-corrected chi connectivity index (χ3v) is 5.05. The van der Waals surface area contributed by atoms with E-state index in [0.717, 1.165) is 6.42 Å². The van der Waals surface area contributed by atoms with Gasteiger partial charge in [0.25, 0.3) is 5.91 Å². The van der Waals surface area contributed by atoms with Gasteiger partial charge in [0, 0.05) is 17.5 Å². The number of carbonyl (C=O) groups excluding carboxylic acids is 1. The average Bonchev–Trinajstić information content (AvgIpc) is 3.24. The van der Waals surface area contributed by atoms with E-state index in [4.69, 9.17) is 9.15 Å². The van der Waals surface area contributed by atoms with Gasteiger partial charge < -0.3 is 14.1 Å². The number of carbonyl (C=O) groups is 1. The lowest BCUT2D eigenvalue weighted by atomic mass is 10.0. The van der Waals surface area contributed by atoms with Crippen molar-refractivity contribution in [1.29, 1.82) is 0 Å². The molecule has 7 heteroatoms. The van der Waals surface area contributed by atoms with E-state index < -0.39 is 0 Å². The highest BCUT2D eigenvalue weighted by molar-refractivity contribution is 7.10. The Hall–Kier alpha value is -2.67. The molecule has 0 aliphatic carbocycles. The zero-order chi connectivity index (χ0) is 17.2. The molecule has 4 rings (SSSR count). The van der Waals surface area contributed by atoms with Gasteiger partial charge in [0.15, 0.2) is 12.3 Å². The molecule has 1 atom stereocenters. The van der Waals surface area contributed by atoms with Gasteiger partial charge in [-0.25, -0.2) is 9.37 Å². The van der Waals surface area contributed by atoms with E-state index in [1.165, 1.54) is 23.3 Å². The molecule has 0 spiro atoms. The molecule has 5 nitrogen and oxygen atoms in total. The summed E-state index contributed by atoms with van der Waals surface area (Å²) in [5.41, 5.74) is 0.263. The van der Waals surface area contributed by atoms with Crippen molar-refractivity contribution in [1.82, 2.24) is 9.88 Å². The molecule has 0 unspecified atom stereocenters. The largest absolute Gasteiger partial charge is 0.484 e. The fourth-order valence-corrected chi connectivity index (χ4v) is 3.61. The average molecular weight is 358 g/mol. The van der Waals surface area contributed by atoms with E-state index in [0.29, 0.717) is 12.3 Å². The molecule has 0 N–H and O–H groups in total. The second-order valence-corrected chi connectivity index (χ2v) is 6.67. The molecule has 0 bridgehead atoms. The summed E-state index contributed by atoms with van der Waals surface area (Å²) in [6.45, 7) is 0.745. The summed E-state index contributed by atoms with van der Waals surface area (Å²) in [5, 5.41) is 2.01. The highest BCUT2D eigenvalue weighted by Crippen LogP contribution is 2.36. The van der Waals surface area contributed by atoms with Gasteiger partial charge in [0.1, 0.15) is 17.8 Å². The topological polar surface area (TPSA) is 55.6 Å². The molecule has 3 heterocycles. The third-order valence-electron chi connectivity index (χ3n) is 4.08. The first-order valence-corrected chi connectivity index (χ1v) is 8.76. The van der Waals surface area contributed by atoms with Gasteiger partial charge >= 0.3 is 0 Å². The summed E-state index contributed by atoms with van der Waals surface area (Å²) in [7, 11) is 0. The minimum absolute atomic E-state index is 0.0328. The van der Waals surface area contributed by atoms with E-state index in [2.05, 4.69) is 4.98 Å². The highest BCUT2D eigenvalue weighted by Gasteiger charge is 2.35. The zero-order valence-corrected chi connectivity index (χ0v) is 14.0. The second-order valence-electron chi connectivity index (χ2n) is 5.69. The molecule has 3 aromatic rings. The van der Waals surface area contributed by atoms with Crippen LogP contribution in [0.4, 0.5) is 4.39 Å². The van der Waals surface area contributed by atoms with Crippen molar-refractivity contribution in [2.24, 2.45) is 0 Å². The van der Waals surface area contributed by atoms with Gasteiger partial charge in [-0.3, -0.25) is 4.79 Å². The smallest absolute Gasteiger partial charge is 0.276 e. The van der Waals surface area contributed by atoms with E-state index in [9.17, 15) is 9.18 Å². The Bertz CT molecular complexity index is 878. The predicted octanol–water partition coefficient (Wildman–Crippen LogP) is 4.04. The summed E-state index contributed by atoms with van der Waals surface area (Å²) >= 11 is 1.65. The van der Waals surface area contributed by atoms with Crippen LogP contribution in [0.3, 0.4) is 0 Å². The van der Waals surface area contributed by atoms with Crippen LogP contribution in [0.25, 0.3) is 0 Å². The Morgan fingerprint density at radius 1 is 1.40 bits per heavy atom. The predicted molar refractivity (Wildman–Crippen MR) is 89.9 cm³/mol. The molecule has 0 radical (unpaired) electrons. The lowest BCUT2D eigenvalue weighted by Gasteiger charge is -2.39. The summed E-state index contributed by atoms with van der Waals surface area (Å²) in [6.07, 6.45) is 2.30. The molecule has 1 aliphatic rings. The second kappa shape index (κ2) is 6.68. The van der Waals surface area contributed by atoms with E-state index in [-0.39, 0.29) is 36.0 Å². The minimum atomic E-state index is -0.377. The van der Waals surface area contributed by atoms with E-state index in [1.807, 2.05) is 17.5 Å². The third kappa shape index (κ3) is 3.28. The van der Waals surface area contributed by atoms with Crippen LogP contribution in [0.5, 0.6) is 5.75 Å². The number of benzene rings is 1. The standard InChI is InChI=1S/C18H15FN2O3S/c19-12-3-1-4-13(9-12)23-11-17-20-14(10-24-17)18(22)21-7-6-15(21)16-5-2-8-25-16/h1-5,8-10,15H,6-7,11H2/t15-/m0/s1. The Balaban J connectivity index is 1.40. The SMILES string of the molecule is O=C(c1coc(COc2cccc(F)c2)n1)N1CC[C@H]1c1cccs1. The molecule has 1 fully saturated rings. The molecular formula is C18H15FN2O3S. The molecule has 1 saturated heterocycles. The first-order chi connectivity index (χ1) is 12.2. The van der Waals surface area contributed by atoms with Gasteiger partial charge in [-0.15, -0.1) is 11.3 Å². The normalized spacial score (nSPS) is 16.5. The van der Waals surface area contributed by atoms with Crippen molar-refractivity contribution in [3.8, 4) is 5.75 Å². The summed E-state index contributed by atoms with van der Waals surface area (Å²) in [4.78, 5) is 19.7. The summed E-state index contributed by atoms with van der Waals surface area (Å²) in [5.74, 6) is 0.135. The zero-order valence-electron chi connectivity index (χ0n) is 13.2. The number of hydrogen-bond acceptors (Lipinski definition) is 5. The van der Waals surface area contributed by atoms with Crippen LogP contribution in [0.1, 0.15) is 33.7 Å². The monoisotopic (exact) mass is 358 g/mol. The van der Waals surface area contributed by atoms with Crippen molar-refractivity contribution in [2.75, 3.05) is 6.54 Å². The van der Waals surface area contributed by atoms with Gasteiger partial charge in [0.2, 0.25) is 5.89 Å². The van der Waals surface area contributed by atoms with Gasteiger partial charge in [-0.2, -0.15) is 0 Å². The maximum absolute atomic E-state index is 13.1. The Morgan fingerprint density at radius 2 is 2.32 bits per heavy atom. The fourth-order valence-electron chi connectivity index (χ4n) is 2.73. The quantitative estimate of drug-likeness (QED) is 0.691. The maximum Gasteiger partial charge on any atom is 0.276 e. The molecular weight excluding hydrogens is 343 g/mol. The van der Waals surface area contributed by atoms with Crippen molar-refractivity contribution in [3.63, 3.8) is 0 Å². The van der Waals surface area contributed by atoms with Crippen molar-refractivity contribution in [2.45, 2.75) is 19.1 Å². The van der Waals surface area contributed by atoms with Crippen LogP contribution in [-0.2, 0) is 6.61 Å². The van der Waals surface area contributed by atoms with Crippen LogP contribution in [0.2, 0.25) is 0 Å². The number of ether oxygens (including phenoxy) is 1. The number of oxazole rings is 1. The summed E-state index contributed by atoms with van der Waals surface area (Å²) in [6, 6.07) is 9.96. The molecule has 128 valence electrons. The van der Waals surface area contributed by atoms with Crippen LogP contribution >= 0.6 is 11.3 Å². The number of rotatable bonds is 5. The number of likely N-dealkylation sites (tertiary alicyclic amines) is 1. The number of thiophene rings is 1. The number of halogens is 1. The lowest BCUT2D eigenvalue weighted by Crippen LogP contribution is -2.44. The van der Waals surface area contributed by atoms with Gasteiger partial charge in [0.05, 0.1) is 6.04 Å². The lowest BCUT2D eigenvalue weighted by molar-refractivity contribution is 0.0461. The molecule has 1 aromatic carbocycles. The highest BCUT2D eigenvalue weighted by atomic mass is 32.1. The molecule has 1 aliphatic heterocycles. The van der Waals surface area contributed by atoms with Crippen LogP contribution < -0.4 is 4.74 Å². The van der Waals surface area contributed by atoms with Crippen LogP contribution in [0, 0.1) is 5.82 Å². The summed E-state index contributed by atoms with van der Waals surface area (Å²) < 4.78 is 23.9. The molecule has 25 heavy (non-hydrogen) atoms. The van der Waals surface area contributed by atoms with Crippen molar-refractivity contribution < 1.29 is 18.3 Å². The van der Waals surface area contributed by atoms with E-state index in [1.54, 1.807) is 28.4 Å². The van der Waals surface area contributed by atoms with Gasteiger partial charge in [-0.05, 0) is 30.0 Å². The molecule has 2 aromatic heterocycles. The first-order valence-electron chi connectivity index (χ1n) is 7.88. The minimum Gasteiger partial charge on any atom is -0.484 e. The first kappa shape index (κ1) is 15.8. The number of hydrogen-bond donors (Lipinski definition) is 0. The fraction of sp³-hybridized carbons (Fsp3) is 0.222. The number of nitrogens with zero attached hydrogens (tertiary/aromatic N) is 2. The Labute approximate surface area is 147 Å². The number of amides is 1. The Kier molecular flexibility index (Phi) is 4.23. The molecule has 1 amide bonds. The van der Waals surface area contributed by atoms with Crippen molar-refractivity contribution >= 4 is 17.2 Å². The maximum atomic E-state index is 13.1. The number of aromatic nitrogens is 1. The van der Waals surface area contributed by atoms with E-state index >= 15 is 0 Å². The van der Waals surface area contributed by atoms with Gasteiger partial charge in [-0.1, -0.05) is 12.1 Å². The van der Waals surface area contributed by atoms with Crippen LogP contribution in [0.15, 0.2) is 52.5 Å². The molecule has 0 saturated carbocycles. The van der Waals surface area contributed by atoms with Crippen molar-refractivity contribution in [3.05, 3.63) is 70.3 Å².